The van der Waals surface area contributed by atoms with Gasteiger partial charge >= 0.3 is 0 Å². The summed E-state index contributed by atoms with van der Waals surface area (Å²) in [7, 11) is 0. The van der Waals surface area contributed by atoms with E-state index in [9.17, 15) is 10.2 Å². The summed E-state index contributed by atoms with van der Waals surface area (Å²) < 4.78 is 16.2. The van der Waals surface area contributed by atoms with E-state index in [0.717, 1.165) is 0 Å². The molecule has 0 aliphatic carbocycles. The second-order valence-electron chi connectivity index (χ2n) is 3.82. The van der Waals surface area contributed by atoms with Crippen LogP contribution in [0.1, 0.15) is 13.8 Å². The molecule has 2 bridgehead atoms. The Labute approximate surface area is 95.3 Å². The first kappa shape index (κ1) is 13.8. The van der Waals surface area contributed by atoms with Crippen molar-refractivity contribution in [1.29, 1.82) is 0 Å². The molecular weight excluding hydrogens is 214 g/mol. The van der Waals surface area contributed by atoms with Gasteiger partial charge in [0.15, 0.2) is 6.29 Å². The normalized spacial score (nSPS) is 44.1. The van der Waals surface area contributed by atoms with Crippen LogP contribution in [0, 0.1) is 0 Å². The Morgan fingerprint density at radius 3 is 2.50 bits per heavy atom. The molecule has 0 aromatic carbocycles. The van der Waals surface area contributed by atoms with E-state index in [-0.39, 0.29) is 14.0 Å². The summed E-state index contributed by atoms with van der Waals surface area (Å²) in [6, 6.07) is 0. The quantitative estimate of drug-likeness (QED) is 0.530. The van der Waals surface area contributed by atoms with Gasteiger partial charge in [-0.25, -0.2) is 0 Å². The van der Waals surface area contributed by atoms with E-state index in [2.05, 4.69) is 0 Å². The van der Waals surface area contributed by atoms with Crippen LogP contribution in [-0.4, -0.2) is 60.7 Å². The van der Waals surface area contributed by atoms with Crippen molar-refractivity contribution < 1.29 is 24.4 Å². The van der Waals surface area contributed by atoms with Gasteiger partial charge in [-0.15, -0.1) is 0 Å². The predicted octanol–water partition coefficient (Wildman–Crippen LogP) is -1.17. The molecule has 3 heterocycles. The zero-order valence-corrected chi connectivity index (χ0v) is 8.41. The van der Waals surface area contributed by atoms with Crippen LogP contribution in [0.15, 0.2) is 0 Å². The number of aliphatic hydroxyl groups excluding tert-OH is 2. The van der Waals surface area contributed by atoms with E-state index < -0.39 is 30.7 Å². The van der Waals surface area contributed by atoms with Gasteiger partial charge in [0.2, 0.25) is 0 Å². The Bertz CT molecular complexity index is 211. The van der Waals surface area contributed by atoms with Crippen LogP contribution in [-0.2, 0) is 14.2 Å². The van der Waals surface area contributed by atoms with Crippen LogP contribution in [0.2, 0.25) is 0 Å². The summed E-state index contributed by atoms with van der Waals surface area (Å²) in [5.74, 6) is 0. The summed E-state index contributed by atoms with van der Waals surface area (Å²) >= 11 is 0. The number of ether oxygens (including phenoxy) is 3. The van der Waals surface area contributed by atoms with Gasteiger partial charge in [-0.05, 0) is 6.42 Å². The average molecular weight is 235 g/mol. The highest BCUT2D eigenvalue weighted by molar-refractivity contribution is 4.91. The maximum Gasteiger partial charge on any atom is 0.186 e. The Hall–Kier alpha value is -0.240. The SMILES string of the molecule is C.NCC1OC2OCCCOC1C(O)C2O. The zero-order chi connectivity index (χ0) is 10.8. The highest BCUT2D eigenvalue weighted by atomic mass is 16.7. The molecule has 6 nitrogen and oxygen atoms in total. The van der Waals surface area contributed by atoms with Crippen molar-refractivity contribution in [3.63, 3.8) is 0 Å². The van der Waals surface area contributed by atoms with Crippen LogP contribution in [0.25, 0.3) is 0 Å². The van der Waals surface area contributed by atoms with Crippen molar-refractivity contribution >= 4 is 0 Å². The number of aliphatic hydroxyl groups is 2. The second kappa shape index (κ2) is 5.90. The first-order valence-corrected chi connectivity index (χ1v) is 5.19. The van der Waals surface area contributed by atoms with Gasteiger partial charge in [-0.3, -0.25) is 0 Å². The average Bonchev–Trinajstić information content (AvgIpc) is 2.38. The van der Waals surface area contributed by atoms with Crippen molar-refractivity contribution in [3.8, 4) is 0 Å². The molecule has 5 unspecified atom stereocenters. The number of rotatable bonds is 1. The molecule has 4 N–H and O–H groups in total. The van der Waals surface area contributed by atoms with E-state index in [4.69, 9.17) is 19.9 Å². The number of hydrogen-bond donors (Lipinski definition) is 3. The van der Waals surface area contributed by atoms with E-state index >= 15 is 0 Å². The van der Waals surface area contributed by atoms with Gasteiger partial charge in [0.05, 0.1) is 6.61 Å². The van der Waals surface area contributed by atoms with Crippen molar-refractivity contribution in [2.24, 2.45) is 5.73 Å². The van der Waals surface area contributed by atoms with E-state index in [1.807, 2.05) is 0 Å². The highest BCUT2D eigenvalue weighted by Crippen LogP contribution is 2.25. The molecule has 0 amide bonds. The van der Waals surface area contributed by atoms with Gasteiger partial charge in [-0.1, -0.05) is 7.43 Å². The molecule has 3 rings (SSSR count). The number of fused-ring (bicyclic) bond motifs is 6. The minimum absolute atomic E-state index is 0. The lowest BCUT2D eigenvalue weighted by Gasteiger charge is -2.40. The molecule has 16 heavy (non-hydrogen) atoms. The van der Waals surface area contributed by atoms with Crippen molar-refractivity contribution in [2.75, 3.05) is 19.8 Å². The predicted molar refractivity (Wildman–Crippen MR) is 56.8 cm³/mol. The molecule has 6 heteroatoms. The van der Waals surface area contributed by atoms with E-state index in [1.165, 1.54) is 0 Å². The van der Waals surface area contributed by atoms with Crippen LogP contribution >= 0.6 is 0 Å². The van der Waals surface area contributed by atoms with Crippen LogP contribution < -0.4 is 5.73 Å². The Morgan fingerprint density at radius 1 is 1.12 bits per heavy atom. The number of hydrogen-bond acceptors (Lipinski definition) is 6. The van der Waals surface area contributed by atoms with Crippen molar-refractivity contribution in [1.82, 2.24) is 0 Å². The molecule has 0 aromatic rings. The molecule has 3 aliphatic rings. The fraction of sp³-hybridized carbons (Fsp3) is 1.00. The molecule has 0 saturated carbocycles. The molecule has 0 spiro atoms. The Balaban J connectivity index is 0.00000128. The van der Waals surface area contributed by atoms with Crippen LogP contribution in [0.4, 0.5) is 0 Å². The van der Waals surface area contributed by atoms with Gasteiger partial charge in [0.1, 0.15) is 24.4 Å². The largest absolute Gasteiger partial charge is 0.387 e. The third-order valence-corrected chi connectivity index (χ3v) is 2.75. The Kier molecular flexibility index (Phi) is 5.10. The lowest BCUT2D eigenvalue weighted by Crippen LogP contribution is -2.60. The first-order chi connectivity index (χ1) is 7.24. The summed E-state index contributed by atoms with van der Waals surface area (Å²) in [6.07, 6.45) is -3.15. The molecule has 0 aromatic heterocycles. The minimum atomic E-state index is -1.07. The summed E-state index contributed by atoms with van der Waals surface area (Å²) in [4.78, 5) is 0. The first-order valence-electron chi connectivity index (χ1n) is 5.19. The zero-order valence-electron chi connectivity index (χ0n) is 8.41. The minimum Gasteiger partial charge on any atom is -0.387 e. The van der Waals surface area contributed by atoms with Gasteiger partial charge in [-0.2, -0.15) is 0 Å². The third kappa shape index (κ3) is 2.53. The third-order valence-electron chi connectivity index (χ3n) is 2.75. The maximum absolute atomic E-state index is 9.81. The van der Waals surface area contributed by atoms with E-state index in [0.29, 0.717) is 19.6 Å². The molecule has 3 aliphatic heterocycles. The lowest BCUT2D eigenvalue weighted by molar-refractivity contribution is -0.291. The molecule has 3 saturated heterocycles. The topological polar surface area (TPSA) is 94.2 Å². The maximum atomic E-state index is 9.81. The smallest absolute Gasteiger partial charge is 0.186 e. The van der Waals surface area contributed by atoms with Gasteiger partial charge < -0.3 is 30.2 Å². The van der Waals surface area contributed by atoms with Crippen LogP contribution in [0.5, 0.6) is 0 Å². The summed E-state index contributed by atoms with van der Waals surface area (Å²) in [6.45, 7) is 1.15. The molecular formula is C10H21NO5. The number of nitrogens with two attached hydrogens (primary N) is 1. The Morgan fingerprint density at radius 2 is 1.81 bits per heavy atom. The molecule has 3 fully saturated rings. The van der Waals surface area contributed by atoms with Gasteiger partial charge in [0.25, 0.3) is 0 Å². The standard InChI is InChI=1S/C9H17NO5.CH4/c10-4-5-8-6(11)7(12)9(15-5)14-3-1-2-13-8;/h5-9,11-12H,1-4,10H2;1H4. The van der Waals surface area contributed by atoms with Gasteiger partial charge in [0, 0.05) is 13.2 Å². The second-order valence-corrected chi connectivity index (χ2v) is 3.82. The monoisotopic (exact) mass is 235 g/mol. The highest BCUT2D eigenvalue weighted by Gasteiger charge is 2.45. The molecule has 5 atom stereocenters. The molecule has 0 radical (unpaired) electrons. The molecule has 96 valence electrons. The van der Waals surface area contributed by atoms with Crippen LogP contribution in [0.3, 0.4) is 0 Å². The van der Waals surface area contributed by atoms with Crippen molar-refractivity contribution in [2.45, 2.75) is 44.6 Å². The van der Waals surface area contributed by atoms with E-state index in [1.54, 1.807) is 0 Å². The lowest BCUT2D eigenvalue weighted by atomic mass is 9.99. The summed E-state index contributed by atoms with van der Waals surface area (Å²) in [5, 5.41) is 19.5. The summed E-state index contributed by atoms with van der Waals surface area (Å²) in [5.41, 5.74) is 5.52. The fourth-order valence-electron chi connectivity index (χ4n) is 1.92. The fourth-order valence-corrected chi connectivity index (χ4v) is 1.92. The van der Waals surface area contributed by atoms with Crippen molar-refractivity contribution in [3.05, 3.63) is 0 Å².